The summed E-state index contributed by atoms with van der Waals surface area (Å²) < 4.78 is 1.87. The second-order valence-electron chi connectivity index (χ2n) is 5.67. The van der Waals surface area contributed by atoms with Gasteiger partial charge in [0.25, 0.3) is 0 Å². The lowest BCUT2D eigenvalue weighted by molar-refractivity contribution is -0.133. The number of likely N-dealkylation sites (tertiary alicyclic amines) is 1. The molecule has 0 spiro atoms. The monoisotopic (exact) mass is 285 g/mol. The number of aliphatic hydroxyl groups excluding tert-OH is 1. The summed E-state index contributed by atoms with van der Waals surface area (Å²) in [6, 6.07) is 9.35. The SMILES string of the molecule is CN1C[C@H](c2cn(C)cn2)[C@@H]([C@H](O)c2ccccc2)C1=O. The molecule has 0 saturated carbocycles. The Morgan fingerprint density at radius 1 is 1.29 bits per heavy atom. The third-order valence-electron chi connectivity index (χ3n) is 4.15. The molecule has 110 valence electrons. The molecule has 0 bridgehead atoms. The van der Waals surface area contributed by atoms with Crippen LogP contribution in [0.3, 0.4) is 0 Å². The minimum atomic E-state index is -0.810. The Kier molecular flexibility index (Phi) is 3.51. The molecule has 1 aromatic carbocycles. The third kappa shape index (κ3) is 2.45. The van der Waals surface area contributed by atoms with Gasteiger partial charge in [0.2, 0.25) is 5.91 Å². The normalized spacial score (nSPS) is 23.6. The molecule has 3 atom stereocenters. The van der Waals surface area contributed by atoms with E-state index in [1.165, 1.54) is 0 Å². The van der Waals surface area contributed by atoms with E-state index in [1.54, 1.807) is 18.3 Å². The van der Waals surface area contributed by atoms with Gasteiger partial charge in [0.05, 0.1) is 24.0 Å². The molecule has 2 heterocycles. The standard InChI is InChI=1S/C16H19N3O2/c1-18-9-13(17-10-18)12-8-19(2)16(21)14(12)15(20)11-6-4-3-5-7-11/h3-7,9-10,12,14-15,20H,8H2,1-2H3/t12-,14+,15-/m1/s1. The van der Waals surface area contributed by atoms with Crippen LogP contribution < -0.4 is 0 Å². The highest BCUT2D eigenvalue weighted by Gasteiger charge is 2.45. The molecule has 2 aromatic rings. The van der Waals surface area contributed by atoms with Crippen LogP contribution in [0.2, 0.25) is 0 Å². The summed E-state index contributed by atoms with van der Waals surface area (Å²) in [6.45, 7) is 0.588. The van der Waals surface area contributed by atoms with E-state index < -0.39 is 12.0 Å². The van der Waals surface area contributed by atoms with Crippen LogP contribution in [-0.4, -0.2) is 39.1 Å². The van der Waals surface area contributed by atoms with Gasteiger partial charge in [0.15, 0.2) is 0 Å². The highest BCUT2D eigenvalue weighted by Crippen LogP contribution is 2.40. The van der Waals surface area contributed by atoms with Gasteiger partial charge in [-0.15, -0.1) is 0 Å². The minimum Gasteiger partial charge on any atom is -0.388 e. The minimum absolute atomic E-state index is 0.0259. The number of imidazole rings is 1. The molecule has 1 aliphatic heterocycles. The maximum absolute atomic E-state index is 12.4. The van der Waals surface area contributed by atoms with Gasteiger partial charge in [-0.05, 0) is 5.56 Å². The van der Waals surface area contributed by atoms with Crippen LogP contribution in [0.25, 0.3) is 0 Å². The van der Waals surface area contributed by atoms with Gasteiger partial charge in [0.1, 0.15) is 0 Å². The molecule has 1 N–H and O–H groups in total. The highest BCUT2D eigenvalue weighted by atomic mass is 16.3. The van der Waals surface area contributed by atoms with Crippen molar-refractivity contribution in [3.05, 3.63) is 54.1 Å². The van der Waals surface area contributed by atoms with Crippen LogP contribution in [0.15, 0.2) is 42.9 Å². The topological polar surface area (TPSA) is 58.4 Å². The molecule has 5 heteroatoms. The Balaban J connectivity index is 1.95. The zero-order chi connectivity index (χ0) is 15.0. The zero-order valence-corrected chi connectivity index (χ0v) is 12.2. The van der Waals surface area contributed by atoms with Crippen LogP contribution in [0.1, 0.15) is 23.3 Å². The molecule has 5 nitrogen and oxygen atoms in total. The first kappa shape index (κ1) is 13.8. The summed E-state index contributed by atoms with van der Waals surface area (Å²) in [4.78, 5) is 18.5. The van der Waals surface area contributed by atoms with E-state index >= 15 is 0 Å². The molecule has 1 aliphatic rings. The summed E-state index contributed by atoms with van der Waals surface area (Å²) in [5.41, 5.74) is 1.63. The van der Waals surface area contributed by atoms with Gasteiger partial charge in [-0.3, -0.25) is 4.79 Å². The lowest BCUT2D eigenvalue weighted by atomic mass is 9.85. The summed E-state index contributed by atoms with van der Waals surface area (Å²) in [7, 11) is 3.68. The van der Waals surface area contributed by atoms with E-state index in [4.69, 9.17) is 0 Å². The Labute approximate surface area is 123 Å². The molecule has 0 unspecified atom stereocenters. The van der Waals surface area contributed by atoms with E-state index in [0.717, 1.165) is 11.3 Å². The van der Waals surface area contributed by atoms with E-state index in [-0.39, 0.29) is 11.8 Å². The molecular formula is C16H19N3O2. The van der Waals surface area contributed by atoms with Crippen LogP contribution in [0.5, 0.6) is 0 Å². The van der Waals surface area contributed by atoms with Gasteiger partial charge in [-0.2, -0.15) is 0 Å². The van der Waals surface area contributed by atoms with Crippen molar-refractivity contribution in [2.45, 2.75) is 12.0 Å². The average molecular weight is 285 g/mol. The van der Waals surface area contributed by atoms with E-state index in [2.05, 4.69) is 4.98 Å². The quantitative estimate of drug-likeness (QED) is 0.925. The van der Waals surface area contributed by atoms with Crippen molar-refractivity contribution in [1.29, 1.82) is 0 Å². The van der Waals surface area contributed by atoms with Crippen molar-refractivity contribution >= 4 is 5.91 Å². The zero-order valence-electron chi connectivity index (χ0n) is 12.2. The first-order chi connectivity index (χ1) is 10.1. The molecule has 0 radical (unpaired) electrons. The van der Waals surface area contributed by atoms with E-state index in [0.29, 0.717) is 6.54 Å². The number of carbonyl (C=O) groups excluding carboxylic acids is 1. The number of amides is 1. The van der Waals surface area contributed by atoms with Crippen molar-refractivity contribution in [2.75, 3.05) is 13.6 Å². The molecule has 3 rings (SSSR count). The fraction of sp³-hybridized carbons (Fsp3) is 0.375. The Hall–Kier alpha value is -2.14. The summed E-state index contributed by atoms with van der Waals surface area (Å²) in [5.74, 6) is -0.590. The van der Waals surface area contributed by atoms with Gasteiger partial charge in [0, 0.05) is 32.8 Å². The van der Waals surface area contributed by atoms with Crippen molar-refractivity contribution in [1.82, 2.24) is 14.5 Å². The Morgan fingerprint density at radius 2 is 2.00 bits per heavy atom. The Morgan fingerprint density at radius 3 is 2.62 bits per heavy atom. The fourth-order valence-corrected chi connectivity index (χ4v) is 3.04. The number of carbonyl (C=O) groups is 1. The van der Waals surface area contributed by atoms with E-state index in [1.807, 2.05) is 48.1 Å². The molecular weight excluding hydrogens is 266 g/mol. The van der Waals surface area contributed by atoms with Crippen molar-refractivity contribution in [2.24, 2.45) is 13.0 Å². The molecule has 21 heavy (non-hydrogen) atoms. The highest BCUT2D eigenvalue weighted by molar-refractivity contribution is 5.83. The number of aryl methyl sites for hydroxylation is 1. The predicted octanol–water partition coefficient (Wildman–Crippen LogP) is 1.33. The summed E-state index contributed by atoms with van der Waals surface area (Å²) in [5, 5.41) is 10.7. The van der Waals surface area contributed by atoms with Gasteiger partial charge in [-0.1, -0.05) is 30.3 Å². The summed E-state index contributed by atoms with van der Waals surface area (Å²) in [6.07, 6.45) is 2.84. The maximum Gasteiger partial charge on any atom is 0.229 e. The second kappa shape index (κ2) is 5.33. The van der Waals surface area contributed by atoms with Crippen LogP contribution >= 0.6 is 0 Å². The number of likely N-dealkylation sites (N-methyl/N-ethyl adjacent to an activating group) is 1. The van der Waals surface area contributed by atoms with Crippen LogP contribution in [0.4, 0.5) is 0 Å². The molecule has 1 saturated heterocycles. The van der Waals surface area contributed by atoms with Crippen molar-refractivity contribution in [3.63, 3.8) is 0 Å². The molecule has 1 fully saturated rings. The number of hydrogen-bond donors (Lipinski definition) is 1. The van der Waals surface area contributed by atoms with Gasteiger partial charge < -0.3 is 14.6 Å². The first-order valence-electron chi connectivity index (χ1n) is 7.04. The number of rotatable bonds is 3. The number of aliphatic hydroxyl groups is 1. The van der Waals surface area contributed by atoms with E-state index in [9.17, 15) is 9.90 Å². The third-order valence-corrected chi connectivity index (χ3v) is 4.15. The Bertz CT molecular complexity index is 638. The first-order valence-corrected chi connectivity index (χ1v) is 7.04. The summed E-state index contributed by atoms with van der Waals surface area (Å²) >= 11 is 0. The lowest BCUT2D eigenvalue weighted by Gasteiger charge is -2.21. The lowest BCUT2D eigenvalue weighted by Crippen LogP contribution is -2.27. The number of aromatic nitrogens is 2. The molecule has 1 aromatic heterocycles. The number of hydrogen-bond acceptors (Lipinski definition) is 3. The number of benzene rings is 1. The van der Waals surface area contributed by atoms with Crippen LogP contribution in [-0.2, 0) is 11.8 Å². The average Bonchev–Trinajstić information content (AvgIpc) is 3.04. The van der Waals surface area contributed by atoms with Gasteiger partial charge in [-0.25, -0.2) is 4.98 Å². The largest absolute Gasteiger partial charge is 0.388 e. The smallest absolute Gasteiger partial charge is 0.229 e. The predicted molar refractivity (Wildman–Crippen MR) is 78.5 cm³/mol. The van der Waals surface area contributed by atoms with Crippen molar-refractivity contribution < 1.29 is 9.90 Å². The molecule has 0 aliphatic carbocycles. The van der Waals surface area contributed by atoms with Gasteiger partial charge >= 0.3 is 0 Å². The number of nitrogens with zero attached hydrogens (tertiary/aromatic N) is 3. The van der Waals surface area contributed by atoms with Crippen molar-refractivity contribution in [3.8, 4) is 0 Å². The maximum atomic E-state index is 12.4. The van der Waals surface area contributed by atoms with Crippen LogP contribution in [0, 0.1) is 5.92 Å². The molecule has 1 amide bonds. The fourth-order valence-electron chi connectivity index (χ4n) is 3.04. The second-order valence-corrected chi connectivity index (χ2v) is 5.67.